The van der Waals surface area contributed by atoms with E-state index in [0.717, 1.165) is 0 Å². The Bertz CT molecular complexity index is 894. The first-order chi connectivity index (χ1) is 13.1. The maximum Gasteiger partial charge on any atom is 0.344 e. The van der Waals surface area contributed by atoms with E-state index in [4.69, 9.17) is 13.9 Å². The molecule has 3 rings (SSSR count). The van der Waals surface area contributed by atoms with Crippen LogP contribution >= 0.6 is 0 Å². The van der Waals surface area contributed by atoms with Crippen molar-refractivity contribution in [3.63, 3.8) is 0 Å². The van der Waals surface area contributed by atoms with Gasteiger partial charge < -0.3 is 19.2 Å². The summed E-state index contributed by atoms with van der Waals surface area (Å²) in [7, 11) is 0. The van der Waals surface area contributed by atoms with Gasteiger partial charge in [0.2, 0.25) is 5.88 Å². The molecule has 1 amide bonds. The summed E-state index contributed by atoms with van der Waals surface area (Å²) in [6.07, 6.45) is 2.04. The molecule has 0 saturated heterocycles. The molecule has 1 N–H and O–H groups in total. The van der Waals surface area contributed by atoms with Crippen LogP contribution in [-0.4, -0.2) is 23.0 Å². The highest BCUT2D eigenvalue weighted by Gasteiger charge is 2.22. The number of amides is 1. The van der Waals surface area contributed by atoms with Crippen molar-refractivity contribution in [3.8, 4) is 11.6 Å². The fourth-order valence-electron chi connectivity index (χ4n) is 2.24. The van der Waals surface area contributed by atoms with Gasteiger partial charge >= 0.3 is 5.97 Å². The zero-order valence-electron chi connectivity index (χ0n) is 14.6. The number of esters is 1. The SMILES string of the molecule is CC(OC(=O)c1cccnc1Oc1ccccc1)C(=O)NCc1ccco1. The van der Waals surface area contributed by atoms with E-state index in [9.17, 15) is 9.59 Å². The molecule has 0 aliphatic rings. The Hall–Kier alpha value is -3.61. The number of nitrogens with zero attached hydrogens (tertiary/aromatic N) is 1. The monoisotopic (exact) mass is 366 g/mol. The molecule has 7 heteroatoms. The molecule has 0 bridgehead atoms. The largest absolute Gasteiger partial charge is 0.467 e. The Labute approximate surface area is 155 Å². The molecule has 27 heavy (non-hydrogen) atoms. The maximum atomic E-state index is 12.5. The molecular weight excluding hydrogens is 348 g/mol. The number of para-hydroxylation sites is 1. The van der Waals surface area contributed by atoms with Gasteiger partial charge in [0, 0.05) is 6.20 Å². The first kappa shape index (κ1) is 18.2. The Morgan fingerprint density at radius 3 is 2.67 bits per heavy atom. The molecule has 0 fully saturated rings. The molecule has 3 aromatic rings. The summed E-state index contributed by atoms with van der Waals surface area (Å²) < 4.78 is 16.0. The molecule has 1 aromatic carbocycles. The molecule has 1 atom stereocenters. The molecule has 0 radical (unpaired) electrons. The van der Waals surface area contributed by atoms with Crippen LogP contribution in [0, 0.1) is 0 Å². The van der Waals surface area contributed by atoms with Crippen LogP contribution in [-0.2, 0) is 16.1 Å². The van der Waals surface area contributed by atoms with Gasteiger partial charge in [-0.2, -0.15) is 0 Å². The summed E-state index contributed by atoms with van der Waals surface area (Å²) >= 11 is 0. The van der Waals surface area contributed by atoms with Crippen LogP contribution in [0.25, 0.3) is 0 Å². The highest BCUT2D eigenvalue weighted by atomic mass is 16.6. The van der Waals surface area contributed by atoms with E-state index in [1.807, 2.05) is 18.2 Å². The van der Waals surface area contributed by atoms with Gasteiger partial charge in [0.1, 0.15) is 17.1 Å². The normalized spacial score (nSPS) is 11.4. The summed E-state index contributed by atoms with van der Waals surface area (Å²) in [6.45, 7) is 1.70. The van der Waals surface area contributed by atoms with Crippen molar-refractivity contribution in [1.82, 2.24) is 10.3 Å². The Morgan fingerprint density at radius 2 is 1.93 bits per heavy atom. The van der Waals surface area contributed by atoms with E-state index in [-0.39, 0.29) is 18.0 Å². The number of pyridine rings is 1. The fraction of sp³-hybridized carbons (Fsp3) is 0.150. The van der Waals surface area contributed by atoms with E-state index in [1.165, 1.54) is 25.5 Å². The molecule has 1 unspecified atom stereocenters. The molecular formula is C20H18N2O5. The van der Waals surface area contributed by atoms with Crippen molar-refractivity contribution in [2.24, 2.45) is 0 Å². The number of carbonyl (C=O) groups is 2. The van der Waals surface area contributed by atoms with Gasteiger partial charge in [0.25, 0.3) is 5.91 Å². The lowest BCUT2D eigenvalue weighted by molar-refractivity contribution is -0.129. The number of hydrogen-bond donors (Lipinski definition) is 1. The van der Waals surface area contributed by atoms with E-state index in [2.05, 4.69) is 10.3 Å². The van der Waals surface area contributed by atoms with Gasteiger partial charge in [-0.25, -0.2) is 9.78 Å². The summed E-state index contributed by atoms with van der Waals surface area (Å²) in [6, 6.07) is 15.5. The molecule has 2 aromatic heterocycles. The average molecular weight is 366 g/mol. The van der Waals surface area contributed by atoms with Crippen molar-refractivity contribution in [2.75, 3.05) is 0 Å². The van der Waals surface area contributed by atoms with E-state index in [0.29, 0.717) is 11.5 Å². The number of rotatable bonds is 7. The lowest BCUT2D eigenvalue weighted by Crippen LogP contribution is -2.35. The maximum absolute atomic E-state index is 12.5. The lowest BCUT2D eigenvalue weighted by Gasteiger charge is -2.14. The summed E-state index contributed by atoms with van der Waals surface area (Å²) in [4.78, 5) is 28.6. The second-order valence-corrected chi connectivity index (χ2v) is 5.62. The van der Waals surface area contributed by atoms with Crippen LogP contribution in [0.1, 0.15) is 23.0 Å². The lowest BCUT2D eigenvalue weighted by atomic mass is 10.2. The van der Waals surface area contributed by atoms with E-state index >= 15 is 0 Å². The molecule has 0 spiro atoms. The molecule has 0 saturated carbocycles. The third-order valence-electron chi connectivity index (χ3n) is 3.62. The smallest absolute Gasteiger partial charge is 0.344 e. The predicted molar refractivity (Wildman–Crippen MR) is 96.2 cm³/mol. The molecule has 138 valence electrons. The van der Waals surface area contributed by atoms with Crippen LogP contribution in [0.2, 0.25) is 0 Å². The Balaban J connectivity index is 1.62. The van der Waals surface area contributed by atoms with Crippen molar-refractivity contribution in [2.45, 2.75) is 19.6 Å². The number of hydrogen-bond acceptors (Lipinski definition) is 6. The number of carbonyl (C=O) groups excluding carboxylic acids is 2. The third-order valence-corrected chi connectivity index (χ3v) is 3.62. The fourth-order valence-corrected chi connectivity index (χ4v) is 2.24. The number of benzene rings is 1. The van der Waals surface area contributed by atoms with Crippen LogP contribution in [0.3, 0.4) is 0 Å². The Morgan fingerprint density at radius 1 is 1.11 bits per heavy atom. The van der Waals surface area contributed by atoms with Crippen molar-refractivity contribution in [3.05, 3.63) is 78.4 Å². The topological polar surface area (TPSA) is 90.7 Å². The average Bonchev–Trinajstić information content (AvgIpc) is 3.21. The number of nitrogens with one attached hydrogen (secondary N) is 1. The van der Waals surface area contributed by atoms with Gasteiger partial charge in [-0.15, -0.1) is 0 Å². The van der Waals surface area contributed by atoms with Gasteiger partial charge in [-0.3, -0.25) is 4.79 Å². The third kappa shape index (κ3) is 4.94. The van der Waals surface area contributed by atoms with Crippen molar-refractivity contribution < 1.29 is 23.5 Å². The minimum Gasteiger partial charge on any atom is -0.467 e. The molecule has 7 nitrogen and oxygen atoms in total. The number of furan rings is 1. The second kappa shape index (κ2) is 8.66. The van der Waals surface area contributed by atoms with E-state index < -0.39 is 18.0 Å². The van der Waals surface area contributed by atoms with Gasteiger partial charge in [-0.05, 0) is 43.3 Å². The minimum absolute atomic E-state index is 0.108. The van der Waals surface area contributed by atoms with Gasteiger partial charge in [0.15, 0.2) is 6.10 Å². The predicted octanol–water partition coefficient (Wildman–Crippen LogP) is 3.33. The standard InChI is InChI=1S/C20H18N2O5/c1-14(18(23)22-13-16-9-6-12-25-16)26-20(24)17-10-5-11-21-19(17)27-15-7-3-2-4-8-15/h2-12,14H,13H2,1H3,(H,22,23). The zero-order valence-corrected chi connectivity index (χ0v) is 14.6. The van der Waals surface area contributed by atoms with Crippen molar-refractivity contribution >= 4 is 11.9 Å². The van der Waals surface area contributed by atoms with Crippen LogP contribution < -0.4 is 10.1 Å². The molecule has 2 heterocycles. The minimum atomic E-state index is -0.989. The summed E-state index contributed by atoms with van der Waals surface area (Å²) in [5.74, 6) is 0.114. The van der Waals surface area contributed by atoms with Crippen molar-refractivity contribution in [1.29, 1.82) is 0 Å². The zero-order chi connectivity index (χ0) is 19.1. The summed E-state index contributed by atoms with van der Waals surface area (Å²) in [5.41, 5.74) is 0.132. The highest BCUT2D eigenvalue weighted by Crippen LogP contribution is 2.23. The van der Waals surface area contributed by atoms with Crippen LogP contribution in [0.4, 0.5) is 0 Å². The Kier molecular flexibility index (Phi) is 5.84. The first-order valence-corrected chi connectivity index (χ1v) is 8.32. The quantitative estimate of drug-likeness (QED) is 0.645. The first-order valence-electron chi connectivity index (χ1n) is 8.32. The van der Waals surface area contributed by atoms with Gasteiger partial charge in [0.05, 0.1) is 12.8 Å². The molecule has 0 aliphatic heterocycles. The number of ether oxygens (including phenoxy) is 2. The molecule has 0 aliphatic carbocycles. The second-order valence-electron chi connectivity index (χ2n) is 5.62. The highest BCUT2D eigenvalue weighted by molar-refractivity contribution is 5.94. The van der Waals surface area contributed by atoms with E-state index in [1.54, 1.807) is 30.3 Å². The van der Waals surface area contributed by atoms with Crippen LogP contribution in [0.15, 0.2) is 71.5 Å². The van der Waals surface area contributed by atoms with Gasteiger partial charge in [-0.1, -0.05) is 18.2 Å². The number of aromatic nitrogens is 1. The summed E-state index contributed by atoms with van der Waals surface area (Å²) in [5, 5.41) is 2.64. The van der Waals surface area contributed by atoms with Crippen LogP contribution in [0.5, 0.6) is 11.6 Å².